The van der Waals surface area contributed by atoms with Gasteiger partial charge in [-0.2, -0.15) is 5.10 Å². The SMILES string of the molecule is Cc1nn(-c2ccccc2)c(Cl)c1C(=O)NNC(=O)c1ccncc1. The molecule has 0 unspecified atom stereocenters. The maximum absolute atomic E-state index is 12.4. The predicted molar refractivity (Wildman–Crippen MR) is 92.5 cm³/mol. The Balaban J connectivity index is 1.77. The van der Waals surface area contributed by atoms with Crippen molar-refractivity contribution in [2.45, 2.75) is 6.92 Å². The van der Waals surface area contributed by atoms with Crippen LogP contribution in [0.25, 0.3) is 5.69 Å². The van der Waals surface area contributed by atoms with Crippen molar-refractivity contribution in [1.29, 1.82) is 0 Å². The predicted octanol–water partition coefficient (Wildman–Crippen LogP) is 2.30. The average molecular weight is 356 g/mol. The molecule has 2 amide bonds. The Morgan fingerprint density at radius 3 is 2.32 bits per heavy atom. The molecule has 0 bridgehead atoms. The molecule has 2 N–H and O–H groups in total. The van der Waals surface area contributed by atoms with Gasteiger partial charge in [0.25, 0.3) is 11.8 Å². The number of para-hydroxylation sites is 1. The molecule has 0 atom stereocenters. The van der Waals surface area contributed by atoms with E-state index in [2.05, 4.69) is 20.9 Å². The fourth-order valence-corrected chi connectivity index (χ4v) is 2.61. The van der Waals surface area contributed by atoms with E-state index in [0.717, 1.165) is 5.69 Å². The molecule has 0 saturated carbocycles. The summed E-state index contributed by atoms with van der Waals surface area (Å²) in [4.78, 5) is 28.2. The van der Waals surface area contributed by atoms with Crippen LogP contribution in [0, 0.1) is 6.92 Å². The minimum Gasteiger partial charge on any atom is -0.267 e. The van der Waals surface area contributed by atoms with E-state index in [1.54, 1.807) is 6.92 Å². The van der Waals surface area contributed by atoms with Crippen LogP contribution in [0.5, 0.6) is 0 Å². The molecule has 2 aromatic heterocycles. The number of nitrogens with one attached hydrogen (secondary N) is 2. The van der Waals surface area contributed by atoms with Crippen LogP contribution in [0.3, 0.4) is 0 Å². The third-order valence-electron chi connectivity index (χ3n) is 3.46. The number of aryl methyl sites for hydroxylation is 1. The van der Waals surface area contributed by atoms with Crippen LogP contribution in [-0.4, -0.2) is 26.6 Å². The molecule has 25 heavy (non-hydrogen) atoms. The molecular weight excluding hydrogens is 342 g/mol. The van der Waals surface area contributed by atoms with Gasteiger partial charge in [0.05, 0.1) is 11.4 Å². The Kier molecular flexibility index (Phi) is 4.76. The molecular formula is C17H14ClN5O2. The van der Waals surface area contributed by atoms with Crippen LogP contribution in [0.1, 0.15) is 26.4 Å². The summed E-state index contributed by atoms with van der Waals surface area (Å²) in [6, 6.07) is 12.3. The van der Waals surface area contributed by atoms with Crippen LogP contribution in [0.2, 0.25) is 5.15 Å². The number of carbonyl (C=O) groups is 2. The smallest absolute Gasteiger partial charge is 0.267 e. The van der Waals surface area contributed by atoms with Crippen LogP contribution >= 0.6 is 11.6 Å². The maximum atomic E-state index is 12.4. The van der Waals surface area contributed by atoms with E-state index in [1.807, 2.05) is 30.3 Å². The number of aromatic nitrogens is 3. The Hall–Kier alpha value is -3.19. The fraction of sp³-hybridized carbons (Fsp3) is 0.0588. The molecule has 0 radical (unpaired) electrons. The van der Waals surface area contributed by atoms with Crippen molar-refractivity contribution in [2.24, 2.45) is 0 Å². The first-order valence-electron chi connectivity index (χ1n) is 7.39. The number of hydrogen-bond donors (Lipinski definition) is 2. The van der Waals surface area contributed by atoms with Crippen LogP contribution < -0.4 is 10.9 Å². The van der Waals surface area contributed by atoms with E-state index < -0.39 is 11.8 Å². The minimum atomic E-state index is -0.549. The van der Waals surface area contributed by atoms with E-state index in [9.17, 15) is 9.59 Å². The molecule has 0 spiro atoms. The summed E-state index contributed by atoms with van der Waals surface area (Å²) in [5, 5.41) is 4.46. The van der Waals surface area contributed by atoms with Crippen molar-refractivity contribution in [3.8, 4) is 5.69 Å². The van der Waals surface area contributed by atoms with E-state index in [-0.39, 0.29) is 10.7 Å². The van der Waals surface area contributed by atoms with Crippen molar-refractivity contribution in [3.05, 3.63) is 76.8 Å². The quantitative estimate of drug-likeness (QED) is 0.705. The summed E-state index contributed by atoms with van der Waals surface area (Å²) in [6.07, 6.45) is 2.98. The molecule has 1 aromatic carbocycles. The molecule has 126 valence electrons. The van der Waals surface area contributed by atoms with E-state index in [1.165, 1.54) is 29.2 Å². The van der Waals surface area contributed by atoms with Gasteiger partial charge >= 0.3 is 0 Å². The zero-order valence-corrected chi connectivity index (χ0v) is 14.0. The summed E-state index contributed by atoms with van der Waals surface area (Å²) in [7, 11) is 0. The first-order valence-corrected chi connectivity index (χ1v) is 7.77. The number of rotatable bonds is 3. The normalized spacial score (nSPS) is 10.3. The number of nitrogens with zero attached hydrogens (tertiary/aromatic N) is 3. The summed E-state index contributed by atoms with van der Waals surface area (Å²) in [5.41, 5.74) is 6.43. The Bertz CT molecular complexity index is 910. The van der Waals surface area contributed by atoms with Gasteiger partial charge in [0.15, 0.2) is 0 Å². The number of halogens is 1. The third-order valence-corrected chi connectivity index (χ3v) is 3.81. The molecule has 0 fully saturated rings. The minimum absolute atomic E-state index is 0.166. The molecule has 7 nitrogen and oxygen atoms in total. The average Bonchev–Trinajstić information content (AvgIpc) is 2.95. The number of hydrogen-bond acceptors (Lipinski definition) is 4. The summed E-state index contributed by atoms with van der Waals surface area (Å²) < 4.78 is 1.47. The standard InChI is InChI=1S/C17H14ClN5O2/c1-11-14(15(18)23(22-11)13-5-3-2-4-6-13)17(25)21-20-16(24)12-7-9-19-10-8-12/h2-10H,1H3,(H,20,24)(H,21,25). The fourth-order valence-electron chi connectivity index (χ4n) is 2.25. The summed E-state index contributed by atoms with van der Waals surface area (Å²) >= 11 is 6.31. The zero-order chi connectivity index (χ0) is 17.8. The summed E-state index contributed by atoms with van der Waals surface area (Å²) in [5.74, 6) is -1.01. The second-order valence-corrected chi connectivity index (χ2v) is 5.50. The van der Waals surface area contributed by atoms with E-state index >= 15 is 0 Å². The highest BCUT2D eigenvalue weighted by molar-refractivity contribution is 6.33. The lowest BCUT2D eigenvalue weighted by atomic mass is 10.2. The highest BCUT2D eigenvalue weighted by Gasteiger charge is 2.21. The largest absolute Gasteiger partial charge is 0.274 e. The first kappa shape index (κ1) is 16.7. The number of carbonyl (C=O) groups excluding carboxylic acids is 2. The molecule has 0 aliphatic carbocycles. The Morgan fingerprint density at radius 1 is 1.00 bits per heavy atom. The van der Waals surface area contributed by atoms with Gasteiger partial charge in [-0.1, -0.05) is 29.8 Å². The molecule has 3 rings (SSSR count). The molecule has 8 heteroatoms. The van der Waals surface area contributed by atoms with Crippen molar-refractivity contribution in [2.75, 3.05) is 0 Å². The van der Waals surface area contributed by atoms with Gasteiger partial charge in [-0.25, -0.2) is 4.68 Å². The van der Waals surface area contributed by atoms with Gasteiger partial charge < -0.3 is 0 Å². The zero-order valence-electron chi connectivity index (χ0n) is 13.2. The molecule has 0 saturated heterocycles. The molecule has 0 aliphatic rings. The number of amides is 2. The second-order valence-electron chi connectivity index (χ2n) is 5.14. The number of hydrazine groups is 1. The molecule has 2 heterocycles. The third kappa shape index (κ3) is 3.51. The summed E-state index contributed by atoms with van der Waals surface area (Å²) in [6.45, 7) is 1.67. The van der Waals surface area contributed by atoms with Gasteiger partial charge in [-0.05, 0) is 31.2 Å². The van der Waals surface area contributed by atoms with Crippen molar-refractivity contribution < 1.29 is 9.59 Å². The number of pyridine rings is 1. The monoisotopic (exact) mass is 355 g/mol. The van der Waals surface area contributed by atoms with E-state index in [4.69, 9.17) is 11.6 Å². The molecule has 0 aliphatic heterocycles. The highest BCUT2D eigenvalue weighted by atomic mass is 35.5. The van der Waals surface area contributed by atoms with Crippen LogP contribution in [-0.2, 0) is 0 Å². The topological polar surface area (TPSA) is 88.9 Å². The molecule has 3 aromatic rings. The van der Waals surface area contributed by atoms with Gasteiger partial charge in [-0.3, -0.25) is 25.4 Å². The second kappa shape index (κ2) is 7.14. The highest BCUT2D eigenvalue weighted by Crippen LogP contribution is 2.23. The maximum Gasteiger partial charge on any atom is 0.274 e. The van der Waals surface area contributed by atoms with Gasteiger partial charge in [0, 0.05) is 18.0 Å². The van der Waals surface area contributed by atoms with E-state index in [0.29, 0.717) is 11.3 Å². The lowest BCUT2D eigenvalue weighted by molar-refractivity contribution is 0.0846. The lowest BCUT2D eigenvalue weighted by Gasteiger charge is -2.07. The van der Waals surface area contributed by atoms with Gasteiger partial charge in [-0.15, -0.1) is 0 Å². The number of benzene rings is 1. The van der Waals surface area contributed by atoms with Crippen LogP contribution in [0.4, 0.5) is 0 Å². The van der Waals surface area contributed by atoms with Crippen LogP contribution in [0.15, 0.2) is 54.9 Å². The lowest BCUT2D eigenvalue weighted by Crippen LogP contribution is -2.41. The van der Waals surface area contributed by atoms with Crippen molar-refractivity contribution >= 4 is 23.4 Å². The van der Waals surface area contributed by atoms with Gasteiger partial charge in [0.1, 0.15) is 10.7 Å². The Labute approximate surface area is 148 Å². The van der Waals surface area contributed by atoms with Crippen molar-refractivity contribution in [3.63, 3.8) is 0 Å². The van der Waals surface area contributed by atoms with Gasteiger partial charge in [0.2, 0.25) is 0 Å². The van der Waals surface area contributed by atoms with Crippen molar-refractivity contribution in [1.82, 2.24) is 25.6 Å². The first-order chi connectivity index (χ1) is 12.1. The Morgan fingerprint density at radius 2 is 1.64 bits per heavy atom.